The van der Waals surface area contributed by atoms with Gasteiger partial charge < -0.3 is 15.4 Å². The van der Waals surface area contributed by atoms with Crippen LogP contribution in [-0.2, 0) is 9.53 Å². The van der Waals surface area contributed by atoms with E-state index in [1.807, 2.05) is 6.92 Å². The monoisotopic (exact) mass is 290 g/mol. The molecule has 0 aromatic carbocycles. The van der Waals surface area contributed by atoms with Crippen LogP contribution in [0, 0.1) is 5.41 Å². The number of carbonyl (C=O) groups is 1. The van der Waals surface area contributed by atoms with E-state index in [0.29, 0.717) is 5.41 Å². The van der Waals surface area contributed by atoms with Gasteiger partial charge in [-0.25, -0.2) is 0 Å². The van der Waals surface area contributed by atoms with Gasteiger partial charge in [-0.1, -0.05) is 6.42 Å². The molecular formula is C14H27ClN2O2. The number of rotatable bonds is 7. The molecule has 1 heterocycles. The Labute approximate surface area is 122 Å². The SMILES string of the molecule is CCOCCC1(CNC(=O)C2CCCN2)CCC1.Cl. The highest BCUT2D eigenvalue weighted by atomic mass is 35.5. The molecule has 19 heavy (non-hydrogen) atoms. The van der Waals surface area contributed by atoms with E-state index >= 15 is 0 Å². The molecule has 0 spiro atoms. The van der Waals surface area contributed by atoms with E-state index in [-0.39, 0.29) is 24.4 Å². The van der Waals surface area contributed by atoms with Crippen LogP contribution in [-0.4, -0.2) is 38.3 Å². The van der Waals surface area contributed by atoms with Crippen LogP contribution in [0.15, 0.2) is 0 Å². The lowest BCUT2D eigenvalue weighted by atomic mass is 9.66. The molecule has 1 saturated carbocycles. The van der Waals surface area contributed by atoms with Gasteiger partial charge in [-0.2, -0.15) is 0 Å². The van der Waals surface area contributed by atoms with E-state index in [2.05, 4.69) is 10.6 Å². The molecule has 0 radical (unpaired) electrons. The first kappa shape index (κ1) is 16.7. The van der Waals surface area contributed by atoms with Crippen LogP contribution >= 0.6 is 12.4 Å². The van der Waals surface area contributed by atoms with Crippen molar-refractivity contribution in [3.05, 3.63) is 0 Å². The Hall–Kier alpha value is -0.320. The second-order valence-corrected chi connectivity index (χ2v) is 5.67. The minimum Gasteiger partial charge on any atom is -0.382 e. The quantitative estimate of drug-likeness (QED) is 0.704. The Morgan fingerprint density at radius 1 is 1.42 bits per heavy atom. The highest BCUT2D eigenvalue weighted by Gasteiger charge is 2.37. The van der Waals surface area contributed by atoms with Crippen molar-refractivity contribution in [1.29, 1.82) is 0 Å². The normalized spacial score (nSPS) is 24.4. The summed E-state index contributed by atoms with van der Waals surface area (Å²) in [6, 6.07) is 0.0500. The van der Waals surface area contributed by atoms with Gasteiger partial charge in [-0.05, 0) is 51.0 Å². The van der Waals surface area contributed by atoms with Gasteiger partial charge in [0.1, 0.15) is 0 Å². The van der Waals surface area contributed by atoms with E-state index in [9.17, 15) is 4.79 Å². The van der Waals surface area contributed by atoms with Crippen molar-refractivity contribution in [3.63, 3.8) is 0 Å². The summed E-state index contributed by atoms with van der Waals surface area (Å²) in [4.78, 5) is 12.0. The molecule has 1 atom stereocenters. The summed E-state index contributed by atoms with van der Waals surface area (Å²) in [7, 11) is 0. The molecule has 1 aliphatic heterocycles. The smallest absolute Gasteiger partial charge is 0.237 e. The molecule has 1 unspecified atom stereocenters. The molecule has 2 N–H and O–H groups in total. The highest BCUT2D eigenvalue weighted by Crippen LogP contribution is 2.43. The van der Waals surface area contributed by atoms with E-state index in [1.165, 1.54) is 19.3 Å². The van der Waals surface area contributed by atoms with Crippen LogP contribution in [0.5, 0.6) is 0 Å². The van der Waals surface area contributed by atoms with Gasteiger partial charge in [-0.15, -0.1) is 12.4 Å². The largest absolute Gasteiger partial charge is 0.382 e. The predicted octanol–water partition coefficient (Wildman–Crippen LogP) is 1.87. The summed E-state index contributed by atoms with van der Waals surface area (Å²) < 4.78 is 5.45. The minimum absolute atomic E-state index is 0. The van der Waals surface area contributed by atoms with Gasteiger partial charge in [0.2, 0.25) is 5.91 Å². The second kappa shape index (κ2) is 8.08. The van der Waals surface area contributed by atoms with Gasteiger partial charge in [0, 0.05) is 19.8 Å². The van der Waals surface area contributed by atoms with Crippen molar-refractivity contribution in [2.45, 2.75) is 51.5 Å². The van der Waals surface area contributed by atoms with Gasteiger partial charge in [0.25, 0.3) is 0 Å². The third kappa shape index (κ3) is 4.62. The summed E-state index contributed by atoms with van der Waals surface area (Å²) in [5.74, 6) is 0.190. The lowest BCUT2D eigenvalue weighted by Crippen LogP contribution is -2.47. The summed E-state index contributed by atoms with van der Waals surface area (Å²) in [6.45, 7) is 5.45. The van der Waals surface area contributed by atoms with Crippen molar-refractivity contribution in [2.24, 2.45) is 5.41 Å². The topological polar surface area (TPSA) is 50.4 Å². The highest BCUT2D eigenvalue weighted by molar-refractivity contribution is 5.85. The van der Waals surface area contributed by atoms with E-state index in [4.69, 9.17) is 4.74 Å². The zero-order chi connectivity index (χ0) is 12.8. The lowest BCUT2D eigenvalue weighted by Gasteiger charge is -2.42. The maximum absolute atomic E-state index is 12.0. The zero-order valence-corrected chi connectivity index (χ0v) is 12.7. The molecule has 2 rings (SSSR count). The first-order valence-corrected chi connectivity index (χ1v) is 7.35. The molecule has 112 valence electrons. The third-order valence-electron chi connectivity index (χ3n) is 4.41. The number of hydrogen-bond acceptors (Lipinski definition) is 3. The predicted molar refractivity (Wildman–Crippen MR) is 78.7 cm³/mol. The van der Waals surface area contributed by atoms with E-state index < -0.39 is 0 Å². The third-order valence-corrected chi connectivity index (χ3v) is 4.41. The molecule has 1 amide bonds. The van der Waals surface area contributed by atoms with Crippen molar-refractivity contribution in [3.8, 4) is 0 Å². The lowest BCUT2D eigenvalue weighted by molar-refractivity contribution is -0.123. The Bertz CT molecular complexity index is 277. The number of carbonyl (C=O) groups excluding carboxylic acids is 1. The Morgan fingerprint density at radius 2 is 2.21 bits per heavy atom. The Kier molecular flexibility index (Phi) is 7.11. The first-order chi connectivity index (χ1) is 8.76. The van der Waals surface area contributed by atoms with Gasteiger partial charge in [0.05, 0.1) is 6.04 Å². The Balaban J connectivity index is 0.00000180. The minimum atomic E-state index is 0. The number of hydrogen-bond donors (Lipinski definition) is 2. The number of ether oxygens (including phenoxy) is 1. The van der Waals surface area contributed by atoms with Crippen molar-refractivity contribution >= 4 is 18.3 Å². The maximum Gasteiger partial charge on any atom is 0.237 e. The van der Waals surface area contributed by atoms with Crippen molar-refractivity contribution in [2.75, 3.05) is 26.3 Å². The number of halogens is 1. The molecule has 1 aliphatic carbocycles. The van der Waals surface area contributed by atoms with Crippen LogP contribution < -0.4 is 10.6 Å². The maximum atomic E-state index is 12.0. The fourth-order valence-corrected chi connectivity index (χ4v) is 2.93. The fourth-order valence-electron chi connectivity index (χ4n) is 2.93. The van der Waals surface area contributed by atoms with Gasteiger partial charge in [-0.3, -0.25) is 4.79 Å². The molecule has 0 aromatic rings. The van der Waals surface area contributed by atoms with Crippen LogP contribution in [0.25, 0.3) is 0 Å². The first-order valence-electron chi connectivity index (χ1n) is 7.35. The van der Waals surface area contributed by atoms with Gasteiger partial charge >= 0.3 is 0 Å². The molecule has 2 aliphatic rings. The summed E-state index contributed by atoms with van der Waals surface area (Å²) in [6.07, 6.45) is 6.95. The van der Waals surface area contributed by atoms with E-state index in [1.54, 1.807) is 0 Å². The molecule has 0 aromatic heterocycles. The molecule has 4 nitrogen and oxygen atoms in total. The van der Waals surface area contributed by atoms with Crippen molar-refractivity contribution in [1.82, 2.24) is 10.6 Å². The molecule has 2 fully saturated rings. The molecular weight excluding hydrogens is 264 g/mol. The van der Waals surface area contributed by atoms with Crippen LogP contribution in [0.3, 0.4) is 0 Å². The average Bonchev–Trinajstić information content (AvgIpc) is 2.85. The Morgan fingerprint density at radius 3 is 2.74 bits per heavy atom. The second-order valence-electron chi connectivity index (χ2n) is 5.67. The number of nitrogens with one attached hydrogen (secondary N) is 2. The van der Waals surface area contributed by atoms with Crippen LogP contribution in [0.4, 0.5) is 0 Å². The summed E-state index contributed by atoms with van der Waals surface area (Å²) in [5, 5.41) is 6.38. The standard InChI is InChI=1S/C14H26N2O2.ClH/c1-2-18-10-8-14(6-4-7-14)11-16-13(17)12-5-3-9-15-12;/h12,15H,2-11H2,1H3,(H,16,17);1H. The summed E-state index contributed by atoms with van der Waals surface area (Å²) in [5.41, 5.74) is 0.323. The van der Waals surface area contributed by atoms with Gasteiger partial charge in [0.15, 0.2) is 0 Å². The fraction of sp³-hybridized carbons (Fsp3) is 0.929. The molecule has 5 heteroatoms. The molecule has 1 saturated heterocycles. The zero-order valence-electron chi connectivity index (χ0n) is 11.9. The van der Waals surface area contributed by atoms with Crippen LogP contribution in [0.1, 0.15) is 45.4 Å². The summed E-state index contributed by atoms with van der Waals surface area (Å²) >= 11 is 0. The van der Waals surface area contributed by atoms with Crippen molar-refractivity contribution < 1.29 is 9.53 Å². The average molecular weight is 291 g/mol. The van der Waals surface area contributed by atoms with E-state index in [0.717, 1.165) is 45.6 Å². The molecule has 0 bridgehead atoms. The number of amides is 1. The van der Waals surface area contributed by atoms with Crippen LogP contribution in [0.2, 0.25) is 0 Å².